The number of ether oxygens (including phenoxy) is 2. The third-order valence-corrected chi connectivity index (χ3v) is 5.76. The molecule has 0 aliphatic carbocycles. The van der Waals surface area contributed by atoms with Crippen LogP contribution in [0, 0.1) is 6.92 Å². The molecule has 1 aliphatic rings. The van der Waals surface area contributed by atoms with Crippen LogP contribution in [0.15, 0.2) is 41.6 Å². The van der Waals surface area contributed by atoms with E-state index in [0.29, 0.717) is 37.6 Å². The van der Waals surface area contributed by atoms with Crippen LogP contribution < -0.4 is 0 Å². The van der Waals surface area contributed by atoms with E-state index >= 15 is 0 Å². The monoisotopic (exact) mass is 377 g/mol. The minimum Gasteiger partial charge on any atom is -0.456 e. The first kappa shape index (κ1) is 18.4. The number of sulfonamides is 1. The number of esters is 1. The van der Waals surface area contributed by atoms with Gasteiger partial charge in [0.15, 0.2) is 5.69 Å². The number of hydrogen-bond donors (Lipinski definition) is 0. The standard InChI is InChI=1S/C17H19N3O5S/c1-13-10-19-16(11-18-13)17(21)25-12-14-3-2-4-15(9-14)26(22,23)20-5-7-24-8-6-20/h2-4,9-11H,5-8,12H2,1H3. The summed E-state index contributed by atoms with van der Waals surface area (Å²) in [4.78, 5) is 20.1. The second-order valence-electron chi connectivity index (χ2n) is 5.78. The Morgan fingerprint density at radius 2 is 2.00 bits per heavy atom. The third-order valence-electron chi connectivity index (χ3n) is 3.87. The molecule has 26 heavy (non-hydrogen) atoms. The molecule has 0 radical (unpaired) electrons. The number of aromatic nitrogens is 2. The van der Waals surface area contributed by atoms with Gasteiger partial charge in [0.2, 0.25) is 10.0 Å². The van der Waals surface area contributed by atoms with Crippen LogP contribution in [-0.4, -0.2) is 55.0 Å². The predicted octanol–water partition coefficient (Wildman–Crippen LogP) is 1.16. The Labute approximate surface area is 151 Å². The van der Waals surface area contributed by atoms with Crippen LogP contribution in [0.25, 0.3) is 0 Å². The molecule has 9 heteroatoms. The first-order valence-electron chi connectivity index (χ1n) is 8.09. The van der Waals surface area contributed by atoms with Crippen molar-refractivity contribution in [3.8, 4) is 0 Å². The smallest absolute Gasteiger partial charge is 0.358 e. The molecule has 0 atom stereocenters. The largest absolute Gasteiger partial charge is 0.456 e. The van der Waals surface area contributed by atoms with Crippen LogP contribution >= 0.6 is 0 Å². The van der Waals surface area contributed by atoms with Crippen molar-refractivity contribution in [2.75, 3.05) is 26.3 Å². The highest BCUT2D eigenvalue weighted by atomic mass is 32.2. The molecule has 138 valence electrons. The molecular weight excluding hydrogens is 358 g/mol. The molecule has 1 aromatic heterocycles. The van der Waals surface area contributed by atoms with Crippen molar-refractivity contribution in [2.24, 2.45) is 0 Å². The number of nitrogens with zero attached hydrogens (tertiary/aromatic N) is 3. The van der Waals surface area contributed by atoms with E-state index in [4.69, 9.17) is 9.47 Å². The lowest BCUT2D eigenvalue weighted by atomic mass is 10.2. The van der Waals surface area contributed by atoms with Crippen LogP contribution in [-0.2, 0) is 26.1 Å². The number of rotatable bonds is 5. The number of morpholine rings is 1. The predicted molar refractivity (Wildman–Crippen MR) is 91.9 cm³/mol. The zero-order chi connectivity index (χ0) is 18.6. The first-order valence-corrected chi connectivity index (χ1v) is 9.53. The lowest BCUT2D eigenvalue weighted by molar-refractivity contribution is 0.0465. The molecule has 0 N–H and O–H groups in total. The van der Waals surface area contributed by atoms with Crippen LogP contribution in [0.3, 0.4) is 0 Å². The summed E-state index contributed by atoms with van der Waals surface area (Å²) in [5.74, 6) is -0.612. The number of benzene rings is 1. The molecule has 1 fully saturated rings. The maximum absolute atomic E-state index is 12.7. The van der Waals surface area contributed by atoms with Gasteiger partial charge >= 0.3 is 5.97 Å². The Bertz CT molecular complexity index is 878. The summed E-state index contributed by atoms with van der Waals surface area (Å²) in [6.07, 6.45) is 2.82. The van der Waals surface area contributed by atoms with Crippen molar-refractivity contribution in [1.29, 1.82) is 0 Å². The van der Waals surface area contributed by atoms with Gasteiger partial charge in [0, 0.05) is 19.3 Å². The SMILES string of the molecule is Cc1cnc(C(=O)OCc2cccc(S(=O)(=O)N3CCOCC3)c2)cn1. The molecule has 1 saturated heterocycles. The second-order valence-corrected chi connectivity index (χ2v) is 7.72. The summed E-state index contributed by atoms with van der Waals surface area (Å²) in [6, 6.07) is 6.37. The van der Waals surface area contributed by atoms with E-state index in [1.54, 1.807) is 19.1 Å². The number of carbonyl (C=O) groups is 1. The van der Waals surface area contributed by atoms with Gasteiger partial charge in [-0.1, -0.05) is 12.1 Å². The first-order chi connectivity index (χ1) is 12.5. The Morgan fingerprint density at radius 3 is 2.69 bits per heavy atom. The topological polar surface area (TPSA) is 98.7 Å². The van der Waals surface area contributed by atoms with E-state index in [2.05, 4.69) is 9.97 Å². The third kappa shape index (κ3) is 4.24. The lowest BCUT2D eigenvalue weighted by Crippen LogP contribution is -2.40. The van der Waals surface area contributed by atoms with E-state index in [1.807, 2.05) is 0 Å². The summed E-state index contributed by atoms with van der Waals surface area (Å²) in [7, 11) is -3.59. The van der Waals surface area contributed by atoms with Gasteiger partial charge in [-0.3, -0.25) is 4.98 Å². The summed E-state index contributed by atoms with van der Waals surface area (Å²) in [6.45, 7) is 3.13. The van der Waals surface area contributed by atoms with E-state index < -0.39 is 16.0 Å². The maximum Gasteiger partial charge on any atom is 0.358 e. The fourth-order valence-corrected chi connectivity index (χ4v) is 3.93. The van der Waals surface area contributed by atoms with Crippen molar-refractivity contribution < 1.29 is 22.7 Å². The fourth-order valence-electron chi connectivity index (χ4n) is 2.45. The summed E-state index contributed by atoms with van der Waals surface area (Å²) in [5, 5.41) is 0. The van der Waals surface area contributed by atoms with Gasteiger partial charge in [0.25, 0.3) is 0 Å². The minimum absolute atomic E-state index is 0.0547. The number of hydrogen-bond acceptors (Lipinski definition) is 7. The summed E-state index contributed by atoms with van der Waals surface area (Å²) >= 11 is 0. The summed E-state index contributed by atoms with van der Waals surface area (Å²) in [5.41, 5.74) is 1.38. The van der Waals surface area contributed by atoms with Crippen molar-refractivity contribution in [2.45, 2.75) is 18.4 Å². The van der Waals surface area contributed by atoms with Crippen LogP contribution in [0.2, 0.25) is 0 Å². The average molecular weight is 377 g/mol. The number of aryl methyl sites for hydroxylation is 1. The molecule has 1 aromatic carbocycles. The Balaban J connectivity index is 1.69. The normalized spacial score (nSPS) is 15.6. The van der Waals surface area contributed by atoms with E-state index in [0.717, 1.165) is 0 Å². The zero-order valence-electron chi connectivity index (χ0n) is 14.3. The van der Waals surface area contributed by atoms with Gasteiger partial charge in [0.1, 0.15) is 6.61 Å². The van der Waals surface area contributed by atoms with Crippen LogP contribution in [0.4, 0.5) is 0 Å². The Kier molecular flexibility index (Phi) is 5.60. The van der Waals surface area contributed by atoms with Crippen molar-refractivity contribution in [1.82, 2.24) is 14.3 Å². The molecule has 2 heterocycles. The maximum atomic E-state index is 12.7. The van der Waals surface area contributed by atoms with Gasteiger partial charge in [-0.25, -0.2) is 18.2 Å². The van der Waals surface area contributed by atoms with Crippen molar-refractivity contribution in [3.63, 3.8) is 0 Å². The molecule has 8 nitrogen and oxygen atoms in total. The van der Waals surface area contributed by atoms with Gasteiger partial charge in [-0.15, -0.1) is 0 Å². The molecule has 3 rings (SSSR count). The van der Waals surface area contributed by atoms with Gasteiger partial charge in [-0.05, 0) is 24.6 Å². The highest BCUT2D eigenvalue weighted by molar-refractivity contribution is 7.89. The molecule has 0 amide bonds. The Hall–Kier alpha value is -2.36. The molecule has 2 aromatic rings. The number of carbonyl (C=O) groups excluding carboxylic acids is 1. The lowest BCUT2D eigenvalue weighted by Gasteiger charge is -2.26. The highest BCUT2D eigenvalue weighted by Crippen LogP contribution is 2.19. The molecule has 0 unspecified atom stereocenters. The van der Waals surface area contributed by atoms with Gasteiger partial charge in [-0.2, -0.15) is 4.31 Å². The van der Waals surface area contributed by atoms with Gasteiger partial charge in [0.05, 0.1) is 30.0 Å². The second kappa shape index (κ2) is 7.90. The molecule has 0 bridgehead atoms. The van der Waals surface area contributed by atoms with E-state index in [1.165, 1.54) is 28.8 Å². The van der Waals surface area contributed by atoms with Crippen molar-refractivity contribution in [3.05, 3.63) is 53.6 Å². The summed E-state index contributed by atoms with van der Waals surface area (Å²) < 4.78 is 37.1. The fraction of sp³-hybridized carbons (Fsp3) is 0.353. The van der Waals surface area contributed by atoms with Crippen molar-refractivity contribution >= 4 is 16.0 Å². The average Bonchev–Trinajstić information content (AvgIpc) is 2.67. The molecule has 0 saturated carbocycles. The van der Waals surface area contributed by atoms with Crippen LogP contribution in [0.5, 0.6) is 0 Å². The van der Waals surface area contributed by atoms with E-state index in [9.17, 15) is 13.2 Å². The zero-order valence-corrected chi connectivity index (χ0v) is 15.1. The minimum atomic E-state index is -3.59. The highest BCUT2D eigenvalue weighted by Gasteiger charge is 2.26. The Morgan fingerprint density at radius 1 is 1.23 bits per heavy atom. The quantitative estimate of drug-likeness (QED) is 0.721. The van der Waals surface area contributed by atoms with Gasteiger partial charge < -0.3 is 9.47 Å². The molecule has 0 spiro atoms. The molecular formula is C17H19N3O5S. The van der Waals surface area contributed by atoms with Crippen LogP contribution in [0.1, 0.15) is 21.7 Å². The molecule has 1 aliphatic heterocycles. The van der Waals surface area contributed by atoms with E-state index in [-0.39, 0.29) is 17.2 Å².